The first-order valence-corrected chi connectivity index (χ1v) is 4.84. The topological polar surface area (TPSA) is 80.0 Å². The number of carbonyl (C=O) groups is 1. The number of nitrogens with zero attached hydrogens (tertiary/aromatic N) is 1. The Morgan fingerprint density at radius 2 is 2.33 bits per heavy atom. The molecule has 0 unspecified atom stereocenters. The van der Waals surface area contributed by atoms with Crippen molar-refractivity contribution in [2.45, 2.75) is 26.4 Å². The maximum absolute atomic E-state index is 11.3. The Kier molecular flexibility index (Phi) is 4.05. The summed E-state index contributed by atoms with van der Waals surface area (Å²) in [7, 11) is 0. The number of hydrogen-bond donors (Lipinski definition) is 3. The van der Waals surface area contributed by atoms with Gasteiger partial charge in [0.1, 0.15) is 5.82 Å². The van der Waals surface area contributed by atoms with Crippen molar-refractivity contribution in [3.8, 4) is 0 Å². The molecule has 0 atom stereocenters. The SMILES string of the molecule is CC(C)NC(=O)Nc1cc(CN)ccn1. The van der Waals surface area contributed by atoms with E-state index < -0.39 is 0 Å². The molecule has 0 radical (unpaired) electrons. The van der Waals surface area contributed by atoms with Crippen molar-refractivity contribution in [1.82, 2.24) is 10.3 Å². The molecule has 0 aliphatic carbocycles. The Bertz CT molecular complexity index is 338. The average molecular weight is 208 g/mol. The van der Waals surface area contributed by atoms with Crippen molar-refractivity contribution in [3.05, 3.63) is 23.9 Å². The predicted molar refractivity (Wildman–Crippen MR) is 59.4 cm³/mol. The van der Waals surface area contributed by atoms with Gasteiger partial charge >= 0.3 is 6.03 Å². The number of carbonyl (C=O) groups excluding carboxylic acids is 1. The van der Waals surface area contributed by atoms with Gasteiger partial charge in [0.25, 0.3) is 0 Å². The second-order valence-corrected chi connectivity index (χ2v) is 3.51. The molecular formula is C10H16N4O. The lowest BCUT2D eigenvalue weighted by Crippen LogP contribution is -2.34. The van der Waals surface area contributed by atoms with E-state index in [1.807, 2.05) is 19.9 Å². The molecule has 5 nitrogen and oxygen atoms in total. The van der Waals surface area contributed by atoms with Crippen LogP contribution in [0, 0.1) is 0 Å². The molecule has 0 saturated carbocycles. The molecule has 4 N–H and O–H groups in total. The van der Waals surface area contributed by atoms with Crippen molar-refractivity contribution in [3.63, 3.8) is 0 Å². The number of nitrogens with one attached hydrogen (secondary N) is 2. The fourth-order valence-electron chi connectivity index (χ4n) is 1.08. The number of amides is 2. The zero-order chi connectivity index (χ0) is 11.3. The van der Waals surface area contributed by atoms with Crippen LogP contribution in [0.2, 0.25) is 0 Å². The second-order valence-electron chi connectivity index (χ2n) is 3.51. The molecule has 0 fully saturated rings. The minimum atomic E-state index is -0.258. The van der Waals surface area contributed by atoms with Gasteiger partial charge < -0.3 is 11.1 Å². The van der Waals surface area contributed by atoms with E-state index in [2.05, 4.69) is 15.6 Å². The zero-order valence-electron chi connectivity index (χ0n) is 8.95. The van der Waals surface area contributed by atoms with Crippen LogP contribution in [0.1, 0.15) is 19.4 Å². The Hall–Kier alpha value is -1.62. The summed E-state index contributed by atoms with van der Waals surface area (Å²) in [5, 5.41) is 5.34. The fraction of sp³-hybridized carbons (Fsp3) is 0.400. The van der Waals surface area contributed by atoms with Gasteiger partial charge in [-0.05, 0) is 31.5 Å². The first kappa shape index (κ1) is 11.5. The summed E-state index contributed by atoms with van der Waals surface area (Å²) in [4.78, 5) is 15.3. The van der Waals surface area contributed by atoms with Crippen LogP contribution in [-0.2, 0) is 6.54 Å². The van der Waals surface area contributed by atoms with E-state index in [1.165, 1.54) is 0 Å². The quantitative estimate of drug-likeness (QED) is 0.695. The molecule has 5 heteroatoms. The lowest BCUT2D eigenvalue weighted by Gasteiger charge is -2.09. The molecule has 0 aliphatic heterocycles. The number of hydrogen-bond acceptors (Lipinski definition) is 3. The smallest absolute Gasteiger partial charge is 0.320 e. The highest BCUT2D eigenvalue weighted by Crippen LogP contribution is 2.05. The van der Waals surface area contributed by atoms with Gasteiger partial charge in [-0.25, -0.2) is 9.78 Å². The number of pyridine rings is 1. The molecule has 15 heavy (non-hydrogen) atoms. The maximum atomic E-state index is 11.3. The summed E-state index contributed by atoms with van der Waals surface area (Å²) in [6, 6.07) is 3.40. The van der Waals surface area contributed by atoms with E-state index in [1.54, 1.807) is 12.3 Å². The van der Waals surface area contributed by atoms with Crippen molar-refractivity contribution >= 4 is 11.8 Å². The molecule has 82 valence electrons. The largest absolute Gasteiger partial charge is 0.336 e. The third-order valence-corrected chi connectivity index (χ3v) is 1.72. The maximum Gasteiger partial charge on any atom is 0.320 e. The number of urea groups is 1. The van der Waals surface area contributed by atoms with Crippen LogP contribution in [0.15, 0.2) is 18.3 Å². The van der Waals surface area contributed by atoms with Gasteiger partial charge in [-0.3, -0.25) is 5.32 Å². The van der Waals surface area contributed by atoms with E-state index in [-0.39, 0.29) is 12.1 Å². The van der Waals surface area contributed by atoms with Gasteiger partial charge in [0.05, 0.1) is 0 Å². The Morgan fingerprint density at radius 1 is 1.60 bits per heavy atom. The Balaban J connectivity index is 2.60. The lowest BCUT2D eigenvalue weighted by atomic mass is 10.2. The lowest BCUT2D eigenvalue weighted by molar-refractivity contribution is 0.250. The van der Waals surface area contributed by atoms with Crippen molar-refractivity contribution in [2.24, 2.45) is 5.73 Å². The van der Waals surface area contributed by atoms with E-state index >= 15 is 0 Å². The number of nitrogens with two attached hydrogens (primary N) is 1. The normalized spacial score (nSPS) is 10.1. The van der Waals surface area contributed by atoms with Crippen LogP contribution in [0.3, 0.4) is 0 Å². The van der Waals surface area contributed by atoms with Gasteiger partial charge in [-0.15, -0.1) is 0 Å². The van der Waals surface area contributed by atoms with Crippen molar-refractivity contribution in [1.29, 1.82) is 0 Å². The predicted octanol–water partition coefficient (Wildman–Crippen LogP) is 1.07. The van der Waals surface area contributed by atoms with Crippen LogP contribution < -0.4 is 16.4 Å². The standard InChI is InChI=1S/C10H16N4O/c1-7(2)13-10(15)14-9-5-8(6-11)3-4-12-9/h3-5,7H,6,11H2,1-2H3,(H2,12,13,14,15). The molecule has 1 rings (SSSR count). The Morgan fingerprint density at radius 3 is 2.93 bits per heavy atom. The van der Waals surface area contributed by atoms with Gasteiger partial charge in [0, 0.05) is 18.8 Å². The van der Waals surface area contributed by atoms with E-state index in [9.17, 15) is 4.79 Å². The van der Waals surface area contributed by atoms with Crippen LogP contribution in [0.4, 0.5) is 10.6 Å². The molecule has 0 aromatic carbocycles. The summed E-state index contributed by atoms with van der Waals surface area (Å²) in [6.45, 7) is 4.22. The van der Waals surface area contributed by atoms with Crippen LogP contribution >= 0.6 is 0 Å². The highest BCUT2D eigenvalue weighted by atomic mass is 16.2. The molecule has 0 saturated heterocycles. The highest BCUT2D eigenvalue weighted by Gasteiger charge is 2.03. The van der Waals surface area contributed by atoms with Gasteiger partial charge in [0.15, 0.2) is 0 Å². The third kappa shape index (κ3) is 3.95. The number of aromatic nitrogens is 1. The molecule has 2 amide bonds. The minimum absolute atomic E-state index is 0.0997. The van der Waals surface area contributed by atoms with Crippen LogP contribution in [0.25, 0.3) is 0 Å². The summed E-state index contributed by atoms with van der Waals surface area (Å²) < 4.78 is 0. The summed E-state index contributed by atoms with van der Waals surface area (Å²) in [5.74, 6) is 0.510. The van der Waals surface area contributed by atoms with Crippen molar-refractivity contribution < 1.29 is 4.79 Å². The van der Waals surface area contributed by atoms with E-state index in [4.69, 9.17) is 5.73 Å². The third-order valence-electron chi connectivity index (χ3n) is 1.72. The molecule has 1 aromatic rings. The molecule has 1 heterocycles. The molecule has 0 bridgehead atoms. The molecule has 0 aliphatic rings. The fourth-order valence-corrected chi connectivity index (χ4v) is 1.08. The number of rotatable bonds is 3. The summed E-state index contributed by atoms with van der Waals surface area (Å²) in [6.07, 6.45) is 1.62. The minimum Gasteiger partial charge on any atom is -0.336 e. The Labute approximate surface area is 89.1 Å². The first-order chi connectivity index (χ1) is 7.11. The van der Waals surface area contributed by atoms with Crippen LogP contribution in [0.5, 0.6) is 0 Å². The second kappa shape index (κ2) is 5.31. The van der Waals surface area contributed by atoms with Crippen molar-refractivity contribution in [2.75, 3.05) is 5.32 Å². The summed E-state index contributed by atoms with van der Waals surface area (Å²) in [5.41, 5.74) is 6.41. The van der Waals surface area contributed by atoms with E-state index in [0.717, 1.165) is 5.56 Å². The zero-order valence-corrected chi connectivity index (χ0v) is 8.95. The number of anilines is 1. The van der Waals surface area contributed by atoms with Gasteiger partial charge in [-0.2, -0.15) is 0 Å². The van der Waals surface area contributed by atoms with Crippen LogP contribution in [-0.4, -0.2) is 17.1 Å². The molecule has 1 aromatic heterocycles. The van der Waals surface area contributed by atoms with Gasteiger partial charge in [0.2, 0.25) is 0 Å². The van der Waals surface area contributed by atoms with Gasteiger partial charge in [-0.1, -0.05) is 0 Å². The first-order valence-electron chi connectivity index (χ1n) is 4.84. The van der Waals surface area contributed by atoms with E-state index in [0.29, 0.717) is 12.4 Å². The monoisotopic (exact) mass is 208 g/mol. The molecule has 0 spiro atoms. The average Bonchev–Trinajstić information content (AvgIpc) is 2.16. The summed E-state index contributed by atoms with van der Waals surface area (Å²) >= 11 is 0. The highest BCUT2D eigenvalue weighted by molar-refractivity contribution is 5.88. The molecular weight excluding hydrogens is 192 g/mol.